The zero-order valence-electron chi connectivity index (χ0n) is 32.4. The Morgan fingerprint density at radius 1 is 0.519 bits per heavy atom. The topological polar surface area (TPSA) is 32.9 Å². The number of hydrogen-bond acceptors (Lipinski definition) is 3. The van der Waals surface area contributed by atoms with Crippen LogP contribution in [0.15, 0.2) is 120 Å². The Labute approximate surface area is 327 Å². The molecule has 0 spiro atoms. The van der Waals surface area contributed by atoms with Gasteiger partial charge < -0.3 is 14.9 Å². The molecular formula is C47H54AuN4-2. The van der Waals surface area contributed by atoms with Crippen LogP contribution in [0.25, 0.3) is 21.8 Å². The standard InChI is InChI=1S/C35H46N3.C12H8N.Au/c1-23(2)28-18-14-19-29(24(3)4)32(28)37-22-38(33-30(25(5)6)20-15-21-31(33)26(7)8)36-34(37)35(9,10)27-16-12-11-13-17-27;1-3-7-11-9(5-1)10-6-2-4-8-12(10)13-11;/h11-26H,1-10H3;1-8H;/q2*-1;. The quantitative estimate of drug-likeness (QED) is 0.113. The molecule has 1 aromatic heterocycles. The van der Waals surface area contributed by atoms with Gasteiger partial charge in [-0.25, -0.2) is 0 Å². The molecule has 0 atom stereocenters. The van der Waals surface area contributed by atoms with E-state index in [1.165, 1.54) is 50.0 Å². The van der Waals surface area contributed by atoms with Gasteiger partial charge in [-0.2, -0.15) is 5.10 Å². The molecule has 6 aromatic rings. The first kappa shape index (κ1) is 39.1. The third-order valence-corrected chi connectivity index (χ3v) is 10.2. The molecule has 0 bridgehead atoms. The number of anilines is 2. The fourth-order valence-corrected chi connectivity index (χ4v) is 7.32. The molecule has 0 saturated carbocycles. The van der Waals surface area contributed by atoms with E-state index in [-0.39, 0.29) is 27.8 Å². The first-order chi connectivity index (χ1) is 24.4. The van der Waals surface area contributed by atoms with Crippen LogP contribution in [0.4, 0.5) is 11.4 Å². The predicted molar refractivity (Wildman–Crippen MR) is 220 cm³/mol. The van der Waals surface area contributed by atoms with Crippen LogP contribution in [-0.2, 0) is 27.8 Å². The van der Waals surface area contributed by atoms with Gasteiger partial charge in [-0.1, -0.05) is 171 Å². The zero-order chi connectivity index (χ0) is 36.4. The van der Waals surface area contributed by atoms with E-state index in [9.17, 15) is 0 Å². The predicted octanol–water partition coefficient (Wildman–Crippen LogP) is 12.9. The second kappa shape index (κ2) is 16.3. The summed E-state index contributed by atoms with van der Waals surface area (Å²) in [6, 6.07) is 40.8. The summed E-state index contributed by atoms with van der Waals surface area (Å²) in [5.74, 6) is 2.61. The van der Waals surface area contributed by atoms with Crippen LogP contribution in [0, 0.1) is 6.67 Å². The first-order valence-electron chi connectivity index (χ1n) is 18.6. The smallest absolute Gasteiger partial charge is 0.109 e. The molecule has 52 heavy (non-hydrogen) atoms. The third-order valence-electron chi connectivity index (χ3n) is 10.2. The Kier molecular flexibility index (Phi) is 12.3. The van der Waals surface area contributed by atoms with Crippen LogP contribution < -0.4 is 14.9 Å². The molecule has 275 valence electrons. The number of fused-ring (bicyclic) bond motifs is 3. The van der Waals surface area contributed by atoms with Crippen LogP contribution >= 0.6 is 0 Å². The van der Waals surface area contributed by atoms with Crippen molar-refractivity contribution in [2.24, 2.45) is 5.10 Å². The summed E-state index contributed by atoms with van der Waals surface area (Å²) in [5, 5.41) is 10.1. The van der Waals surface area contributed by atoms with Crippen LogP contribution in [0.1, 0.15) is 121 Å². The van der Waals surface area contributed by atoms with E-state index in [2.05, 4.69) is 194 Å². The van der Waals surface area contributed by atoms with Crippen LogP contribution in [0.5, 0.6) is 0 Å². The molecule has 0 aliphatic carbocycles. The molecule has 5 heteroatoms. The molecule has 0 saturated heterocycles. The van der Waals surface area contributed by atoms with Gasteiger partial charge in [-0.15, -0.1) is 17.7 Å². The van der Waals surface area contributed by atoms with Crippen LogP contribution in [-0.4, -0.2) is 5.84 Å². The molecular weight excluding hydrogens is 818 g/mol. The summed E-state index contributed by atoms with van der Waals surface area (Å²) < 4.78 is 0. The van der Waals surface area contributed by atoms with Gasteiger partial charge in [-0.3, -0.25) is 0 Å². The monoisotopic (exact) mass is 871 g/mol. The molecule has 0 unspecified atom stereocenters. The number of benzene rings is 5. The largest absolute Gasteiger partial charge is 0.657 e. The molecule has 5 aromatic carbocycles. The Hall–Kier alpha value is -4.09. The van der Waals surface area contributed by atoms with Gasteiger partial charge >= 0.3 is 0 Å². The molecule has 2 heterocycles. The van der Waals surface area contributed by atoms with Crippen molar-refractivity contribution < 1.29 is 22.4 Å². The normalized spacial score (nSPS) is 13.3. The number of hydrazone groups is 1. The van der Waals surface area contributed by atoms with E-state index in [4.69, 9.17) is 5.10 Å². The number of hydrogen-bond donors (Lipinski definition) is 0. The van der Waals surface area contributed by atoms with Gasteiger partial charge in [0, 0.05) is 39.2 Å². The second-order valence-electron chi connectivity index (χ2n) is 15.6. The van der Waals surface area contributed by atoms with Gasteiger partial charge in [-0.05, 0) is 76.1 Å². The van der Waals surface area contributed by atoms with Crippen molar-refractivity contribution in [3.63, 3.8) is 0 Å². The van der Waals surface area contributed by atoms with Crippen molar-refractivity contribution in [1.29, 1.82) is 0 Å². The molecule has 1 aliphatic rings. The van der Waals surface area contributed by atoms with Crippen molar-refractivity contribution in [3.8, 4) is 0 Å². The Morgan fingerprint density at radius 2 is 0.923 bits per heavy atom. The van der Waals surface area contributed by atoms with Crippen LogP contribution in [0.3, 0.4) is 0 Å². The molecule has 0 fully saturated rings. The van der Waals surface area contributed by atoms with E-state index in [0.717, 1.165) is 16.9 Å². The van der Waals surface area contributed by atoms with Gasteiger partial charge in [0.2, 0.25) is 0 Å². The molecule has 1 aliphatic heterocycles. The van der Waals surface area contributed by atoms with Crippen molar-refractivity contribution in [1.82, 2.24) is 4.98 Å². The second-order valence-corrected chi connectivity index (χ2v) is 15.6. The van der Waals surface area contributed by atoms with Crippen LogP contribution in [0.2, 0.25) is 0 Å². The fourth-order valence-electron chi connectivity index (χ4n) is 7.32. The Balaban J connectivity index is 0.000000309. The summed E-state index contributed by atoms with van der Waals surface area (Å²) in [6.45, 7) is 25.1. The summed E-state index contributed by atoms with van der Waals surface area (Å²) in [5.41, 5.74) is 11.0. The van der Waals surface area contributed by atoms with E-state index in [1.807, 2.05) is 12.1 Å². The van der Waals surface area contributed by atoms with Crippen molar-refractivity contribution in [2.45, 2.75) is 98.3 Å². The molecule has 0 N–H and O–H groups in total. The Morgan fingerprint density at radius 3 is 1.37 bits per heavy atom. The average molecular weight is 872 g/mol. The number of amidine groups is 1. The third kappa shape index (κ3) is 7.67. The van der Waals surface area contributed by atoms with Gasteiger partial charge in [0.25, 0.3) is 0 Å². The van der Waals surface area contributed by atoms with Gasteiger partial charge in [0.1, 0.15) is 5.84 Å². The number of rotatable bonds is 8. The minimum atomic E-state index is -0.310. The molecule has 7 rings (SSSR count). The van der Waals surface area contributed by atoms with E-state index in [1.54, 1.807) is 0 Å². The molecule has 4 nitrogen and oxygen atoms in total. The first-order valence-corrected chi connectivity index (χ1v) is 18.6. The number of nitrogens with zero attached hydrogens (tertiary/aromatic N) is 4. The summed E-state index contributed by atoms with van der Waals surface area (Å²) in [6.07, 6.45) is 0. The van der Waals surface area contributed by atoms with Crippen molar-refractivity contribution in [3.05, 3.63) is 150 Å². The summed E-state index contributed by atoms with van der Waals surface area (Å²) in [7, 11) is 0. The molecule has 1 radical (unpaired) electrons. The van der Waals surface area contributed by atoms with Crippen molar-refractivity contribution in [2.75, 3.05) is 9.91 Å². The SMILES string of the molecule is CC(C)c1cccc(C(C)C)c1N1[CH-]N(c2c(C(C)C)cccc2C(C)C)C(C(C)(C)c2ccccc2)=N1.[Au].c1ccc2c(c1)[n-]c1ccccc12. The maximum atomic E-state index is 5.47. The fraction of sp³-hybridized carbons (Fsp3) is 0.319. The van der Waals surface area contributed by atoms with Gasteiger partial charge in [0.15, 0.2) is 0 Å². The van der Waals surface area contributed by atoms with E-state index in [0.29, 0.717) is 23.7 Å². The number of para-hydroxylation sites is 4. The zero-order valence-corrected chi connectivity index (χ0v) is 34.6. The molecule has 0 amide bonds. The summed E-state index contributed by atoms with van der Waals surface area (Å²) in [4.78, 5) is 6.92. The van der Waals surface area contributed by atoms with Crippen molar-refractivity contribution >= 4 is 39.0 Å². The minimum Gasteiger partial charge on any atom is -0.657 e. The van der Waals surface area contributed by atoms with E-state index < -0.39 is 0 Å². The Bertz CT molecular complexity index is 2040. The number of aromatic nitrogens is 1. The van der Waals surface area contributed by atoms with Gasteiger partial charge in [0.05, 0.1) is 0 Å². The maximum absolute atomic E-state index is 5.47. The average Bonchev–Trinajstić information content (AvgIpc) is 3.74. The van der Waals surface area contributed by atoms with E-state index >= 15 is 0 Å². The maximum Gasteiger partial charge on any atom is 0.109 e. The summed E-state index contributed by atoms with van der Waals surface area (Å²) >= 11 is 0. The minimum absolute atomic E-state index is 0.